The van der Waals surface area contributed by atoms with Gasteiger partial charge in [-0.2, -0.15) is 13.2 Å². The Labute approximate surface area is 200 Å². The van der Waals surface area contributed by atoms with E-state index in [9.17, 15) is 27.6 Å². The number of ether oxygens (including phenoxy) is 1. The number of carboxylic acid groups (broad SMARTS) is 1. The lowest BCUT2D eigenvalue weighted by Crippen LogP contribution is -2.35. The first-order valence-corrected chi connectivity index (χ1v) is 11.3. The minimum Gasteiger partial charge on any atom is -0.481 e. The zero-order valence-electron chi connectivity index (χ0n) is 18.9. The summed E-state index contributed by atoms with van der Waals surface area (Å²) in [5.41, 5.74) is 4.17. The Kier molecular flexibility index (Phi) is 8.73. The Balaban J connectivity index is 1.46. The fraction of sp³-hybridized carbons (Fsp3) is 0.400. The minimum atomic E-state index is -4.62. The number of carbonyl (C=O) groups excluding carboxylic acids is 2. The monoisotopic (exact) mass is 492 g/mol. The summed E-state index contributed by atoms with van der Waals surface area (Å²) in [6, 6.07) is 15.6. The van der Waals surface area contributed by atoms with E-state index in [1.165, 1.54) is 0 Å². The number of benzene rings is 2. The van der Waals surface area contributed by atoms with Crippen molar-refractivity contribution in [1.82, 2.24) is 10.6 Å². The van der Waals surface area contributed by atoms with Gasteiger partial charge in [0.15, 0.2) is 0 Å². The van der Waals surface area contributed by atoms with Gasteiger partial charge in [-0.3, -0.25) is 9.59 Å². The van der Waals surface area contributed by atoms with E-state index >= 15 is 0 Å². The van der Waals surface area contributed by atoms with E-state index in [1.54, 1.807) is 0 Å². The molecular formula is C25H27F3N2O5. The Morgan fingerprint density at radius 1 is 0.943 bits per heavy atom. The fourth-order valence-electron chi connectivity index (χ4n) is 4.14. The number of carboxylic acids is 1. The van der Waals surface area contributed by atoms with E-state index in [1.807, 2.05) is 48.5 Å². The third-order valence-electron chi connectivity index (χ3n) is 5.89. The summed E-state index contributed by atoms with van der Waals surface area (Å²) >= 11 is 0. The normalized spacial score (nSPS) is 13.5. The zero-order chi connectivity index (χ0) is 25.4. The molecule has 2 aromatic carbocycles. The smallest absolute Gasteiger partial charge is 0.407 e. The van der Waals surface area contributed by atoms with E-state index in [0.717, 1.165) is 22.3 Å². The summed E-state index contributed by atoms with van der Waals surface area (Å²) in [5, 5.41) is 13.2. The van der Waals surface area contributed by atoms with Gasteiger partial charge in [-0.15, -0.1) is 0 Å². The molecule has 0 bridgehead atoms. The van der Waals surface area contributed by atoms with Crippen molar-refractivity contribution < 1.29 is 37.4 Å². The van der Waals surface area contributed by atoms with E-state index in [0.29, 0.717) is 0 Å². The number of hydrogen-bond donors (Lipinski definition) is 3. The number of carbonyl (C=O) groups is 3. The summed E-state index contributed by atoms with van der Waals surface area (Å²) in [4.78, 5) is 34.4. The predicted octanol–water partition coefficient (Wildman–Crippen LogP) is 4.46. The molecule has 1 atom stereocenters. The standard InChI is InChI=1S/C25H27F3N2O5/c26-25(27,28)16(14-22(31)29-12-5-10-23(32)33)11-13-30-24(34)35-15-21-19-8-3-1-6-17(19)18-7-2-4-9-20(18)21/h1-4,6-9,16,21H,5,10-15H2,(H,29,31)(H,30,34)(H,32,33). The van der Waals surface area contributed by atoms with Crippen LogP contribution in [0, 0.1) is 5.92 Å². The average Bonchev–Trinajstić information content (AvgIpc) is 3.13. The highest BCUT2D eigenvalue weighted by molar-refractivity contribution is 5.79. The van der Waals surface area contributed by atoms with Gasteiger partial charge in [0.25, 0.3) is 0 Å². The lowest BCUT2D eigenvalue weighted by molar-refractivity contribution is -0.180. The van der Waals surface area contributed by atoms with Gasteiger partial charge in [0.05, 0.1) is 5.92 Å². The molecule has 188 valence electrons. The molecule has 2 aromatic rings. The molecule has 1 aliphatic carbocycles. The van der Waals surface area contributed by atoms with Crippen LogP contribution in [-0.4, -0.2) is 48.9 Å². The molecule has 0 saturated carbocycles. The molecule has 0 spiro atoms. The maximum Gasteiger partial charge on any atom is 0.407 e. The van der Waals surface area contributed by atoms with Crippen LogP contribution in [0.3, 0.4) is 0 Å². The van der Waals surface area contributed by atoms with E-state index in [-0.39, 0.29) is 38.5 Å². The third kappa shape index (κ3) is 7.21. The molecule has 3 N–H and O–H groups in total. The molecule has 7 nitrogen and oxygen atoms in total. The van der Waals surface area contributed by atoms with Crippen LogP contribution in [0.2, 0.25) is 0 Å². The van der Waals surface area contributed by atoms with Gasteiger partial charge in [-0.05, 0) is 35.1 Å². The number of halogens is 3. The second-order valence-electron chi connectivity index (χ2n) is 8.33. The lowest BCUT2D eigenvalue weighted by atomic mass is 9.98. The van der Waals surface area contributed by atoms with E-state index in [4.69, 9.17) is 9.84 Å². The number of fused-ring (bicyclic) bond motifs is 3. The maximum atomic E-state index is 13.3. The predicted molar refractivity (Wildman–Crippen MR) is 122 cm³/mol. The number of amides is 2. The number of hydrogen-bond acceptors (Lipinski definition) is 4. The molecular weight excluding hydrogens is 465 g/mol. The van der Waals surface area contributed by atoms with Gasteiger partial charge in [-0.25, -0.2) is 4.79 Å². The molecule has 0 aliphatic heterocycles. The first-order valence-electron chi connectivity index (χ1n) is 11.3. The van der Waals surface area contributed by atoms with Crippen molar-refractivity contribution in [2.24, 2.45) is 5.92 Å². The highest BCUT2D eigenvalue weighted by atomic mass is 19.4. The highest BCUT2D eigenvalue weighted by Crippen LogP contribution is 2.44. The van der Waals surface area contributed by atoms with Crippen molar-refractivity contribution in [3.63, 3.8) is 0 Å². The number of rotatable bonds is 11. The Morgan fingerprint density at radius 2 is 1.54 bits per heavy atom. The van der Waals surface area contributed by atoms with Crippen molar-refractivity contribution >= 4 is 18.0 Å². The molecule has 1 unspecified atom stereocenters. The van der Waals surface area contributed by atoms with Crippen LogP contribution in [0.1, 0.15) is 42.7 Å². The van der Waals surface area contributed by atoms with Gasteiger partial charge in [0, 0.05) is 31.8 Å². The number of nitrogens with one attached hydrogen (secondary N) is 2. The summed E-state index contributed by atoms with van der Waals surface area (Å²) in [7, 11) is 0. The molecule has 3 rings (SSSR count). The fourth-order valence-corrected chi connectivity index (χ4v) is 4.14. The van der Waals surface area contributed by atoms with Crippen molar-refractivity contribution in [2.45, 2.75) is 37.8 Å². The Hall–Kier alpha value is -3.56. The van der Waals surface area contributed by atoms with Crippen LogP contribution in [-0.2, 0) is 14.3 Å². The average molecular weight is 492 g/mol. The van der Waals surface area contributed by atoms with Gasteiger partial charge in [-0.1, -0.05) is 48.5 Å². The third-order valence-corrected chi connectivity index (χ3v) is 5.89. The SMILES string of the molecule is O=C(O)CCCNC(=O)CC(CCNC(=O)OCC1c2ccccc2-c2ccccc21)C(F)(F)F. The van der Waals surface area contributed by atoms with Gasteiger partial charge < -0.3 is 20.5 Å². The van der Waals surface area contributed by atoms with Crippen LogP contribution in [0.15, 0.2) is 48.5 Å². The van der Waals surface area contributed by atoms with Gasteiger partial charge in [0.2, 0.25) is 5.91 Å². The topological polar surface area (TPSA) is 105 Å². The van der Waals surface area contributed by atoms with Crippen LogP contribution in [0.25, 0.3) is 11.1 Å². The Morgan fingerprint density at radius 3 is 2.11 bits per heavy atom. The van der Waals surface area contributed by atoms with Crippen molar-refractivity contribution in [3.8, 4) is 11.1 Å². The zero-order valence-corrected chi connectivity index (χ0v) is 18.9. The number of alkyl halides is 3. The molecule has 2 amide bonds. The lowest BCUT2D eigenvalue weighted by Gasteiger charge is -2.20. The second kappa shape index (κ2) is 11.7. The Bertz CT molecular complexity index is 1010. The van der Waals surface area contributed by atoms with Gasteiger partial charge in [0.1, 0.15) is 6.61 Å². The van der Waals surface area contributed by atoms with Crippen LogP contribution in [0.5, 0.6) is 0 Å². The molecule has 0 saturated heterocycles. The van der Waals surface area contributed by atoms with Crippen molar-refractivity contribution in [2.75, 3.05) is 19.7 Å². The second-order valence-corrected chi connectivity index (χ2v) is 8.33. The van der Waals surface area contributed by atoms with Crippen molar-refractivity contribution in [1.29, 1.82) is 0 Å². The molecule has 35 heavy (non-hydrogen) atoms. The highest BCUT2D eigenvalue weighted by Gasteiger charge is 2.40. The molecule has 0 heterocycles. The first-order chi connectivity index (χ1) is 16.7. The summed E-state index contributed by atoms with van der Waals surface area (Å²) in [6.07, 6.45) is -6.81. The van der Waals surface area contributed by atoms with Gasteiger partial charge >= 0.3 is 18.2 Å². The molecule has 10 heteroatoms. The first kappa shape index (κ1) is 26.1. The summed E-state index contributed by atoms with van der Waals surface area (Å²) < 4.78 is 45.3. The molecule has 1 aliphatic rings. The van der Waals surface area contributed by atoms with Crippen LogP contribution in [0.4, 0.5) is 18.0 Å². The summed E-state index contributed by atoms with van der Waals surface area (Å²) in [5.74, 6) is -3.98. The van der Waals surface area contributed by atoms with E-state index in [2.05, 4.69) is 10.6 Å². The summed E-state index contributed by atoms with van der Waals surface area (Å²) in [6.45, 7) is -0.290. The molecule has 0 fully saturated rings. The van der Waals surface area contributed by atoms with E-state index < -0.39 is 42.9 Å². The molecule has 0 radical (unpaired) electrons. The molecule has 0 aromatic heterocycles. The largest absolute Gasteiger partial charge is 0.481 e. The van der Waals surface area contributed by atoms with Crippen LogP contribution < -0.4 is 10.6 Å². The van der Waals surface area contributed by atoms with Crippen LogP contribution >= 0.6 is 0 Å². The number of aliphatic carboxylic acids is 1. The quantitative estimate of drug-likeness (QED) is 0.402. The number of alkyl carbamates (subject to hydrolysis) is 1. The maximum absolute atomic E-state index is 13.3. The van der Waals surface area contributed by atoms with Crippen molar-refractivity contribution in [3.05, 3.63) is 59.7 Å². The minimum absolute atomic E-state index is 0.0201.